The Bertz CT molecular complexity index is 2350. The Balaban J connectivity index is 1.40. The summed E-state index contributed by atoms with van der Waals surface area (Å²) in [6, 6.07) is 42.4. The van der Waals surface area contributed by atoms with Crippen molar-refractivity contribution in [2.24, 2.45) is 4.99 Å². The summed E-state index contributed by atoms with van der Waals surface area (Å²) in [7, 11) is -8.81. The minimum atomic E-state index is -4.41. The Morgan fingerprint density at radius 1 is 0.593 bits per heavy atom. The topological polar surface area (TPSA) is 175 Å². The first-order valence-corrected chi connectivity index (χ1v) is 20.8. The van der Waals surface area contributed by atoms with Crippen molar-refractivity contribution < 1.29 is 38.2 Å². The fourth-order valence-corrected chi connectivity index (χ4v) is 6.90. The van der Waals surface area contributed by atoms with Gasteiger partial charge in [0.15, 0.2) is 0 Å². The van der Waals surface area contributed by atoms with E-state index < -0.39 is 27.5 Å². The number of rotatable bonds is 14. The smallest absolute Gasteiger partial charge is 0.328 e. The van der Waals surface area contributed by atoms with E-state index in [1.54, 1.807) is 12.1 Å². The van der Waals surface area contributed by atoms with Gasteiger partial charge in [-0.2, -0.15) is 0 Å². The van der Waals surface area contributed by atoms with Crippen LogP contribution in [0, 0.1) is 0 Å². The quantitative estimate of drug-likeness (QED) is 0.0684. The number of H-pyrrole nitrogens is 1. The van der Waals surface area contributed by atoms with Crippen molar-refractivity contribution in [3.05, 3.63) is 150 Å². The molecule has 6 aromatic rings. The van der Waals surface area contributed by atoms with E-state index in [2.05, 4.69) is 4.98 Å². The molecule has 0 spiro atoms. The van der Waals surface area contributed by atoms with Gasteiger partial charge < -0.3 is 34.0 Å². The van der Waals surface area contributed by atoms with Crippen molar-refractivity contribution >= 4 is 32.2 Å². The largest absolute Gasteiger partial charge is 0.492 e. The molecule has 1 aliphatic heterocycles. The van der Waals surface area contributed by atoms with Crippen molar-refractivity contribution in [1.29, 1.82) is 0 Å². The van der Waals surface area contributed by atoms with Gasteiger partial charge in [-0.15, -0.1) is 0 Å². The molecule has 0 saturated heterocycles. The fraction of sp³-hybridized carbons (Fsp3) is 0.122. The molecule has 0 unspecified atom stereocenters. The minimum Gasteiger partial charge on any atom is -0.492 e. The van der Waals surface area contributed by atoms with Gasteiger partial charge in [0, 0.05) is 28.7 Å². The maximum Gasteiger partial charge on any atom is 0.328 e. The third kappa shape index (κ3) is 8.86. The molecular weight excluding hydrogens is 724 g/mol. The summed E-state index contributed by atoms with van der Waals surface area (Å²) in [5.74, 6) is 0.915. The molecule has 13 heteroatoms. The number of hydrogen-bond acceptors (Lipinski definition) is 6. The van der Waals surface area contributed by atoms with E-state index in [1.807, 2.05) is 121 Å². The van der Waals surface area contributed by atoms with Crippen molar-refractivity contribution in [2.45, 2.75) is 6.42 Å². The van der Waals surface area contributed by atoms with E-state index in [4.69, 9.17) is 19.5 Å². The Hall–Kier alpha value is -5.38. The van der Waals surface area contributed by atoms with Crippen LogP contribution in [0.2, 0.25) is 0 Å². The number of imidazole rings is 1. The second kappa shape index (κ2) is 15.9. The lowest BCUT2D eigenvalue weighted by Gasteiger charge is -2.18. The maximum absolute atomic E-state index is 11.9. The number of hydrogen-bond donors (Lipinski definition) is 5. The van der Waals surface area contributed by atoms with Crippen LogP contribution in [-0.4, -0.2) is 60.8 Å². The van der Waals surface area contributed by atoms with E-state index in [0.717, 1.165) is 39.2 Å². The predicted octanol–water partition coefficient (Wildman–Crippen LogP) is 8.29. The molecule has 0 aliphatic carbocycles. The Kier molecular flexibility index (Phi) is 10.9. The number of allylic oxidation sites excluding steroid dienone is 1. The van der Waals surface area contributed by atoms with Crippen LogP contribution in [0.15, 0.2) is 138 Å². The number of nitrogens with one attached hydrogen (secondary N) is 1. The molecule has 274 valence electrons. The molecule has 1 aliphatic rings. The van der Waals surface area contributed by atoms with Crippen molar-refractivity contribution in [1.82, 2.24) is 9.97 Å². The highest BCUT2D eigenvalue weighted by Gasteiger charge is 2.28. The monoisotopic (exact) mass is 761 g/mol. The van der Waals surface area contributed by atoms with Crippen molar-refractivity contribution in [2.75, 3.05) is 25.5 Å². The fourth-order valence-electron chi connectivity index (χ4n) is 6.24. The Morgan fingerprint density at radius 3 is 1.59 bits per heavy atom. The summed E-state index contributed by atoms with van der Waals surface area (Å²) in [6.07, 6.45) is -0.653. The molecule has 0 radical (unpaired) electrons. The van der Waals surface area contributed by atoms with Gasteiger partial charge in [0.05, 0.1) is 53.9 Å². The number of nitrogens with zero attached hydrogens (tertiary/aromatic N) is 2. The van der Waals surface area contributed by atoms with Crippen LogP contribution in [-0.2, 0) is 9.13 Å². The highest BCUT2D eigenvalue weighted by atomic mass is 31.2. The lowest BCUT2D eigenvalue weighted by atomic mass is 9.95. The zero-order chi connectivity index (χ0) is 37.7. The van der Waals surface area contributed by atoms with Crippen LogP contribution in [0.25, 0.3) is 45.2 Å². The van der Waals surface area contributed by atoms with Gasteiger partial charge in [-0.1, -0.05) is 121 Å². The van der Waals surface area contributed by atoms with Crippen LogP contribution in [0.3, 0.4) is 0 Å². The predicted molar refractivity (Wildman–Crippen MR) is 211 cm³/mol. The van der Waals surface area contributed by atoms with Gasteiger partial charge in [-0.05, 0) is 23.3 Å². The summed E-state index contributed by atoms with van der Waals surface area (Å²) in [5.41, 5.74) is 8.25. The second-order valence-electron chi connectivity index (χ2n) is 12.7. The van der Waals surface area contributed by atoms with Crippen LogP contribution >= 0.6 is 15.2 Å². The van der Waals surface area contributed by atoms with Crippen LogP contribution in [0.1, 0.15) is 23.1 Å². The zero-order valence-electron chi connectivity index (χ0n) is 28.9. The summed E-state index contributed by atoms with van der Waals surface area (Å²) in [6.45, 7) is -0.599. The van der Waals surface area contributed by atoms with E-state index >= 15 is 0 Å². The maximum atomic E-state index is 11.9. The molecule has 1 aromatic heterocycles. The lowest BCUT2D eigenvalue weighted by molar-refractivity contribution is 0.309. The molecule has 0 amide bonds. The first kappa shape index (κ1) is 37.0. The number of aliphatic imine (C=N–C) groups is 1. The number of ether oxygens (including phenoxy) is 2. The highest BCUT2D eigenvalue weighted by Crippen LogP contribution is 2.44. The number of aromatic amines is 1. The number of benzene rings is 5. The minimum absolute atomic E-state index is 0.255. The standard InChI is InChI=1S/C41H37N3O8P2/c45-53(46,47)23-21-51-36-27-34(41-43-39(30-17-9-3-10-18-30)40(44-41)31-19-11-4-12-20-31)37(52-22-24-54(48,49)50)26-33(36)35-25-32(28-13-5-1-6-14-28)38(42-35)29-15-7-2-8-16-29/h1-20,26-27H,21-25H2,(H,43,44)(H2,45,46,47)(H2,48,49,50). The molecule has 2 heterocycles. The first-order chi connectivity index (χ1) is 26.0. The van der Waals surface area contributed by atoms with Crippen molar-refractivity contribution in [3.8, 4) is 45.4 Å². The second-order valence-corrected chi connectivity index (χ2v) is 16.2. The zero-order valence-corrected chi connectivity index (χ0v) is 30.7. The van der Waals surface area contributed by atoms with Gasteiger partial charge in [-0.25, -0.2) is 4.98 Å². The first-order valence-electron chi connectivity index (χ1n) is 17.2. The average molecular weight is 762 g/mol. The molecule has 0 bridgehead atoms. The molecule has 5 N–H and O–H groups in total. The third-order valence-corrected chi connectivity index (χ3v) is 10.3. The molecular formula is C41H37N3O8P2. The average Bonchev–Trinajstić information content (AvgIpc) is 3.82. The Morgan fingerprint density at radius 2 is 1.06 bits per heavy atom. The van der Waals surface area contributed by atoms with Gasteiger partial charge in [-0.3, -0.25) is 14.1 Å². The van der Waals surface area contributed by atoms with E-state index in [1.165, 1.54) is 0 Å². The molecule has 7 rings (SSSR count). The van der Waals surface area contributed by atoms with E-state index in [-0.39, 0.29) is 24.7 Å². The Labute approximate surface area is 312 Å². The molecule has 11 nitrogen and oxygen atoms in total. The van der Waals surface area contributed by atoms with Gasteiger partial charge in [0.1, 0.15) is 17.3 Å². The van der Waals surface area contributed by atoms with Gasteiger partial charge in [0.2, 0.25) is 0 Å². The molecule has 54 heavy (non-hydrogen) atoms. The van der Waals surface area contributed by atoms with E-state index in [0.29, 0.717) is 34.8 Å². The third-order valence-electron chi connectivity index (χ3n) is 8.79. The summed E-state index contributed by atoms with van der Waals surface area (Å²) >= 11 is 0. The van der Waals surface area contributed by atoms with Gasteiger partial charge >= 0.3 is 15.2 Å². The highest BCUT2D eigenvalue weighted by molar-refractivity contribution is 7.52. The summed E-state index contributed by atoms with van der Waals surface area (Å²) in [5, 5.41) is 0. The molecule has 0 saturated carbocycles. The SMILES string of the molecule is O=P(O)(O)CCOc1cc(-c2nc(-c3ccccc3)c(-c3ccccc3)[nH]2)c(OCCP(=O)(O)O)cc1C1=NC(c2ccccc2)=C(c2ccccc2)C1. The van der Waals surface area contributed by atoms with Crippen LogP contribution < -0.4 is 9.47 Å². The van der Waals surface area contributed by atoms with Crippen molar-refractivity contribution in [3.63, 3.8) is 0 Å². The van der Waals surface area contributed by atoms with Crippen LogP contribution in [0.5, 0.6) is 11.5 Å². The molecule has 0 fully saturated rings. The van der Waals surface area contributed by atoms with Crippen LogP contribution in [0.4, 0.5) is 0 Å². The normalized spacial score (nSPS) is 13.2. The van der Waals surface area contributed by atoms with E-state index in [9.17, 15) is 28.7 Å². The summed E-state index contributed by atoms with van der Waals surface area (Å²) < 4.78 is 36.1. The number of aromatic nitrogens is 2. The van der Waals surface area contributed by atoms with Gasteiger partial charge in [0.25, 0.3) is 0 Å². The lowest BCUT2D eigenvalue weighted by Crippen LogP contribution is -2.10. The molecule has 0 atom stereocenters. The summed E-state index contributed by atoms with van der Waals surface area (Å²) in [4.78, 5) is 52.4. The molecule has 5 aromatic carbocycles.